The van der Waals surface area contributed by atoms with E-state index < -0.39 is 0 Å². The summed E-state index contributed by atoms with van der Waals surface area (Å²) in [6, 6.07) is 6.18. The van der Waals surface area contributed by atoms with Crippen molar-refractivity contribution in [3.63, 3.8) is 0 Å². The van der Waals surface area contributed by atoms with Gasteiger partial charge < -0.3 is 19.7 Å². The normalized spacial score (nSPS) is 19.0. The van der Waals surface area contributed by atoms with Crippen molar-refractivity contribution in [1.29, 1.82) is 0 Å². The van der Waals surface area contributed by atoms with Crippen LogP contribution in [0.15, 0.2) is 18.2 Å². The van der Waals surface area contributed by atoms with Crippen molar-refractivity contribution in [1.82, 2.24) is 10.2 Å². The van der Waals surface area contributed by atoms with E-state index in [2.05, 4.69) is 17.1 Å². The second-order valence-electron chi connectivity index (χ2n) is 7.70. The van der Waals surface area contributed by atoms with E-state index in [0.717, 1.165) is 43.0 Å². The van der Waals surface area contributed by atoms with Gasteiger partial charge in [-0.15, -0.1) is 0 Å². The Hall–Kier alpha value is -1.75. The second kappa shape index (κ2) is 8.76. The molecule has 0 radical (unpaired) electrons. The van der Waals surface area contributed by atoms with Crippen LogP contribution >= 0.6 is 0 Å². The van der Waals surface area contributed by atoms with Crippen molar-refractivity contribution in [3.8, 4) is 11.5 Å². The fraction of sp³-hybridized carbons (Fsp3) is 0.667. The van der Waals surface area contributed by atoms with Crippen LogP contribution in [0.4, 0.5) is 0 Å². The van der Waals surface area contributed by atoms with Gasteiger partial charge in [0.25, 0.3) is 0 Å². The van der Waals surface area contributed by atoms with Gasteiger partial charge in [-0.05, 0) is 68.8 Å². The van der Waals surface area contributed by atoms with Crippen LogP contribution < -0.4 is 14.8 Å². The van der Waals surface area contributed by atoms with E-state index in [1.807, 2.05) is 18.2 Å². The number of nitrogens with one attached hydrogen (secondary N) is 1. The predicted octanol–water partition coefficient (Wildman–Crippen LogP) is 3.22. The molecule has 1 aromatic rings. The summed E-state index contributed by atoms with van der Waals surface area (Å²) in [6.45, 7) is 5.00. The molecule has 1 N–H and O–H groups in total. The summed E-state index contributed by atoms with van der Waals surface area (Å²) >= 11 is 0. The number of nitrogens with zero attached hydrogens (tertiary/aromatic N) is 1. The number of carbonyl (C=O) groups is 1. The van der Waals surface area contributed by atoms with Crippen LogP contribution in [-0.4, -0.2) is 44.2 Å². The Morgan fingerprint density at radius 1 is 1.19 bits per heavy atom. The van der Waals surface area contributed by atoms with Gasteiger partial charge in [0.2, 0.25) is 5.91 Å². The van der Waals surface area contributed by atoms with E-state index in [1.165, 1.54) is 12.8 Å². The highest BCUT2D eigenvalue weighted by Crippen LogP contribution is 2.34. The lowest BCUT2D eigenvalue weighted by Crippen LogP contribution is -2.36. The van der Waals surface area contributed by atoms with E-state index >= 15 is 0 Å². The Balaban J connectivity index is 1.68. The molecule has 2 fully saturated rings. The minimum absolute atomic E-state index is 0.281. The number of hydrogen-bond donors (Lipinski definition) is 1. The first-order chi connectivity index (χ1) is 12.6. The number of rotatable bonds is 8. The maximum Gasteiger partial charge on any atom is 0.223 e. The lowest BCUT2D eigenvalue weighted by Gasteiger charge is -2.30. The Morgan fingerprint density at radius 2 is 1.92 bits per heavy atom. The minimum Gasteiger partial charge on any atom is -0.497 e. The monoisotopic (exact) mass is 360 g/mol. The maximum atomic E-state index is 13.1. The van der Waals surface area contributed by atoms with E-state index in [9.17, 15) is 4.79 Å². The highest BCUT2D eigenvalue weighted by atomic mass is 16.5. The van der Waals surface area contributed by atoms with Crippen molar-refractivity contribution in [3.05, 3.63) is 23.8 Å². The number of ether oxygens (including phenoxy) is 2. The van der Waals surface area contributed by atoms with Gasteiger partial charge >= 0.3 is 0 Å². The third-order valence-electron chi connectivity index (χ3n) is 5.82. The molecule has 26 heavy (non-hydrogen) atoms. The summed E-state index contributed by atoms with van der Waals surface area (Å²) in [5, 5.41) is 3.41. The van der Waals surface area contributed by atoms with Crippen LogP contribution in [-0.2, 0) is 11.3 Å². The van der Waals surface area contributed by atoms with E-state index in [4.69, 9.17) is 9.47 Å². The zero-order valence-corrected chi connectivity index (χ0v) is 16.3. The maximum absolute atomic E-state index is 13.1. The van der Waals surface area contributed by atoms with E-state index in [0.29, 0.717) is 30.8 Å². The average molecular weight is 360 g/mol. The molecule has 1 amide bonds. The number of carbonyl (C=O) groups excluding carboxylic acids is 1. The molecule has 5 heteroatoms. The quantitative estimate of drug-likeness (QED) is 0.773. The topological polar surface area (TPSA) is 50.8 Å². The van der Waals surface area contributed by atoms with Gasteiger partial charge in [0, 0.05) is 24.6 Å². The van der Waals surface area contributed by atoms with Gasteiger partial charge in [-0.1, -0.05) is 6.92 Å². The second-order valence-corrected chi connectivity index (χ2v) is 7.70. The highest BCUT2D eigenvalue weighted by Gasteiger charge is 2.34. The Labute approximate surface area is 157 Å². The van der Waals surface area contributed by atoms with Crippen LogP contribution in [0.3, 0.4) is 0 Å². The third-order valence-corrected chi connectivity index (χ3v) is 5.82. The number of hydrogen-bond acceptors (Lipinski definition) is 4. The number of benzene rings is 1. The smallest absolute Gasteiger partial charge is 0.223 e. The van der Waals surface area contributed by atoms with Gasteiger partial charge in [0.15, 0.2) is 0 Å². The first-order valence-corrected chi connectivity index (χ1v) is 9.83. The molecule has 1 aliphatic carbocycles. The first kappa shape index (κ1) is 19.0. The first-order valence-electron chi connectivity index (χ1n) is 9.83. The number of piperidine rings is 1. The summed E-state index contributed by atoms with van der Waals surface area (Å²) in [6.07, 6.45) is 5.23. The minimum atomic E-state index is 0.281. The molecule has 1 unspecified atom stereocenters. The lowest BCUT2D eigenvalue weighted by atomic mass is 9.84. The fourth-order valence-corrected chi connectivity index (χ4v) is 3.97. The zero-order chi connectivity index (χ0) is 18.5. The molecule has 3 rings (SSSR count). The molecule has 0 spiro atoms. The Bertz CT molecular complexity index is 609. The van der Waals surface area contributed by atoms with E-state index in [1.54, 1.807) is 14.2 Å². The van der Waals surface area contributed by atoms with Crippen molar-refractivity contribution >= 4 is 5.91 Å². The Kier molecular flexibility index (Phi) is 6.41. The Morgan fingerprint density at radius 3 is 2.54 bits per heavy atom. The molecular formula is C21H32N2O3. The summed E-state index contributed by atoms with van der Waals surface area (Å²) in [5.41, 5.74) is 1.02. The summed E-state index contributed by atoms with van der Waals surface area (Å²) in [5.74, 6) is 3.00. The van der Waals surface area contributed by atoms with Crippen LogP contribution in [0.25, 0.3) is 0 Å². The predicted molar refractivity (Wildman–Crippen MR) is 102 cm³/mol. The fourth-order valence-electron chi connectivity index (χ4n) is 3.97. The summed E-state index contributed by atoms with van der Waals surface area (Å²) in [4.78, 5) is 15.1. The van der Waals surface area contributed by atoms with Gasteiger partial charge in [-0.3, -0.25) is 4.79 Å². The van der Waals surface area contributed by atoms with Gasteiger partial charge in [-0.2, -0.15) is 0 Å². The molecule has 1 heterocycles. The molecule has 1 aromatic carbocycles. The van der Waals surface area contributed by atoms with Gasteiger partial charge in [0.05, 0.1) is 14.2 Å². The van der Waals surface area contributed by atoms with Crippen molar-refractivity contribution in [2.45, 2.75) is 51.6 Å². The standard InChI is InChI=1S/C21H32N2O3/c1-15(16-8-10-22-11-9-16)12-21(24)23(18-4-5-18)14-17-13-19(25-2)6-7-20(17)26-3/h6-7,13,15-16,18,22H,4-5,8-12,14H2,1-3H3. The number of methoxy groups -OCH3 is 2. The molecule has 1 atom stereocenters. The summed E-state index contributed by atoms with van der Waals surface area (Å²) < 4.78 is 10.9. The van der Waals surface area contributed by atoms with Gasteiger partial charge in [0.1, 0.15) is 11.5 Å². The third kappa shape index (κ3) is 4.70. The molecular weight excluding hydrogens is 328 g/mol. The molecule has 0 aromatic heterocycles. The van der Waals surface area contributed by atoms with Crippen LogP contribution in [0.1, 0.15) is 44.6 Å². The van der Waals surface area contributed by atoms with Gasteiger partial charge in [-0.25, -0.2) is 0 Å². The molecule has 0 bridgehead atoms. The molecule has 144 valence electrons. The highest BCUT2D eigenvalue weighted by molar-refractivity contribution is 5.77. The molecule has 2 aliphatic rings. The molecule has 1 saturated carbocycles. The molecule has 1 aliphatic heterocycles. The lowest BCUT2D eigenvalue weighted by molar-refractivity contribution is -0.133. The zero-order valence-electron chi connectivity index (χ0n) is 16.3. The molecule has 1 saturated heterocycles. The summed E-state index contributed by atoms with van der Waals surface area (Å²) in [7, 11) is 3.34. The van der Waals surface area contributed by atoms with Crippen molar-refractivity contribution in [2.75, 3.05) is 27.3 Å². The van der Waals surface area contributed by atoms with E-state index in [-0.39, 0.29) is 5.91 Å². The van der Waals surface area contributed by atoms with Crippen LogP contribution in [0, 0.1) is 11.8 Å². The van der Waals surface area contributed by atoms with Crippen LogP contribution in [0.2, 0.25) is 0 Å². The average Bonchev–Trinajstić information content (AvgIpc) is 3.51. The van der Waals surface area contributed by atoms with Crippen molar-refractivity contribution in [2.24, 2.45) is 11.8 Å². The largest absolute Gasteiger partial charge is 0.497 e. The molecule has 5 nitrogen and oxygen atoms in total. The van der Waals surface area contributed by atoms with Crippen LogP contribution in [0.5, 0.6) is 11.5 Å². The SMILES string of the molecule is COc1ccc(OC)c(CN(C(=O)CC(C)C2CCNCC2)C2CC2)c1. The number of amides is 1. The van der Waals surface area contributed by atoms with Crippen molar-refractivity contribution < 1.29 is 14.3 Å².